The number of rotatable bonds is 7. The summed E-state index contributed by atoms with van der Waals surface area (Å²) in [7, 11) is 0. The van der Waals surface area contributed by atoms with Crippen molar-refractivity contribution in [2.24, 2.45) is 0 Å². The molecule has 2 aromatic carbocycles. The van der Waals surface area contributed by atoms with Gasteiger partial charge < -0.3 is 4.74 Å². The zero-order valence-electron chi connectivity index (χ0n) is 17.1. The molecule has 0 saturated carbocycles. The Morgan fingerprint density at radius 3 is 2.84 bits per heavy atom. The van der Waals surface area contributed by atoms with Crippen LogP contribution in [-0.2, 0) is 4.74 Å². The van der Waals surface area contributed by atoms with Crippen LogP contribution in [0.3, 0.4) is 0 Å². The number of aromatic nitrogens is 1. The Kier molecular flexibility index (Phi) is 7.16. The van der Waals surface area contributed by atoms with Crippen LogP contribution in [0.15, 0.2) is 41.3 Å². The second-order valence-corrected chi connectivity index (χ2v) is 9.45. The van der Waals surface area contributed by atoms with Crippen LogP contribution < -0.4 is 4.90 Å². The van der Waals surface area contributed by atoms with E-state index in [0.717, 1.165) is 41.1 Å². The number of hydrogen-bond donors (Lipinski definition) is 0. The van der Waals surface area contributed by atoms with Gasteiger partial charge in [0.25, 0.3) is 5.91 Å². The second-order valence-electron chi connectivity index (χ2n) is 7.10. The summed E-state index contributed by atoms with van der Waals surface area (Å²) in [6.07, 6.45) is 0. The lowest BCUT2D eigenvalue weighted by Gasteiger charge is -2.29. The third kappa shape index (κ3) is 5.23. The largest absolute Gasteiger partial charge is 0.379 e. The van der Waals surface area contributed by atoms with Gasteiger partial charge in [0.15, 0.2) is 10.9 Å². The number of halogens is 2. The first kappa shape index (κ1) is 22.1. The zero-order valence-corrected chi connectivity index (χ0v) is 18.8. The van der Waals surface area contributed by atoms with Crippen LogP contribution in [0.1, 0.15) is 17.3 Å². The summed E-state index contributed by atoms with van der Waals surface area (Å²) in [5, 5.41) is 0.367. The molecule has 0 unspecified atom stereocenters. The van der Waals surface area contributed by atoms with Crippen molar-refractivity contribution in [1.82, 2.24) is 9.88 Å². The van der Waals surface area contributed by atoms with Gasteiger partial charge in [-0.25, -0.2) is 13.8 Å². The third-order valence-electron chi connectivity index (χ3n) is 5.01. The molecule has 0 atom stereocenters. The molecule has 4 rings (SSSR count). The lowest BCUT2D eigenvalue weighted by molar-refractivity contribution is 0.0391. The molecule has 1 aliphatic heterocycles. The second kappa shape index (κ2) is 10.0. The number of anilines is 1. The molecule has 5 nitrogen and oxygen atoms in total. The van der Waals surface area contributed by atoms with Gasteiger partial charge in [0.2, 0.25) is 0 Å². The van der Waals surface area contributed by atoms with E-state index in [1.807, 2.05) is 18.2 Å². The molecular weight excluding hydrogens is 440 g/mol. The van der Waals surface area contributed by atoms with Crippen molar-refractivity contribution in [3.63, 3.8) is 0 Å². The Balaban J connectivity index is 1.66. The molecule has 31 heavy (non-hydrogen) atoms. The molecular formula is C22H23F2N3O2S2. The van der Waals surface area contributed by atoms with E-state index in [4.69, 9.17) is 4.74 Å². The van der Waals surface area contributed by atoms with Crippen LogP contribution in [0.4, 0.5) is 13.9 Å². The summed E-state index contributed by atoms with van der Waals surface area (Å²) in [5.41, 5.74) is 0.632. The molecule has 1 saturated heterocycles. The van der Waals surface area contributed by atoms with Gasteiger partial charge in [0.1, 0.15) is 11.3 Å². The van der Waals surface area contributed by atoms with Gasteiger partial charge in [0, 0.05) is 42.7 Å². The number of hydrogen-bond acceptors (Lipinski definition) is 6. The van der Waals surface area contributed by atoms with E-state index < -0.39 is 11.6 Å². The predicted molar refractivity (Wildman–Crippen MR) is 121 cm³/mol. The van der Waals surface area contributed by atoms with E-state index >= 15 is 0 Å². The van der Waals surface area contributed by atoms with Gasteiger partial charge in [-0.2, -0.15) is 0 Å². The fourth-order valence-electron chi connectivity index (χ4n) is 3.45. The number of thioether (sulfide) groups is 1. The maximum atomic E-state index is 14.2. The first-order valence-electron chi connectivity index (χ1n) is 10.2. The highest BCUT2D eigenvalue weighted by molar-refractivity contribution is 7.99. The van der Waals surface area contributed by atoms with E-state index in [9.17, 15) is 13.6 Å². The summed E-state index contributed by atoms with van der Waals surface area (Å²) < 4.78 is 33.7. The highest BCUT2D eigenvalue weighted by Crippen LogP contribution is 2.32. The smallest absolute Gasteiger partial charge is 0.260 e. The van der Waals surface area contributed by atoms with Crippen molar-refractivity contribution in [1.29, 1.82) is 0 Å². The standard InChI is InChI=1S/C22H23F2N3O2S2/c1-2-30-17-5-3-4-15(12-17)21(28)27(7-6-26-8-10-29-11-9-26)22-25-20-18(24)13-16(23)14-19(20)31-22/h3-5,12-14H,2,6-11H2,1H3. The summed E-state index contributed by atoms with van der Waals surface area (Å²) >= 11 is 2.78. The quantitative estimate of drug-likeness (QED) is 0.477. The Bertz CT molecular complexity index is 1070. The number of amides is 1. The summed E-state index contributed by atoms with van der Waals surface area (Å²) in [4.78, 5) is 22.6. The van der Waals surface area contributed by atoms with Crippen LogP contribution >= 0.6 is 23.1 Å². The number of thiazole rings is 1. The van der Waals surface area contributed by atoms with E-state index in [1.165, 1.54) is 6.07 Å². The first-order valence-corrected chi connectivity index (χ1v) is 12.0. The molecule has 2 heterocycles. The number of fused-ring (bicyclic) bond motifs is 1. The normalized spacial score (nSPS) is 14.8. The lowest BCUT2D eigenvalue weighted by atomic mass is 10.2. The van der Waals surface area contributed by atoms with E-state index in [-0.39, 0.29) is 11.4 Å². The fourth-order valence-corrected chi connectivity index (χ4v) is 5.20. The monoisotopic (exact) mass is 463 g/mol. The Morgan fingerprint density at radius 2 is 2.06 bits per heavy atom. The highest BCUT2D eigenvalue weighted by Gasteiger charge is 2.24. The zero-order chi connectivity index (χ0) is 21.8. The molecule has 0 radical (unpaired) electrons. The first-order chi connectivity index (χ1) is 15.0. The average molecular weight is 464 g/mol. The minimum atomic E-state index is -0.723. The third-order valence-corrected chi connectivity index (χ3v) is 6.91. The van der Waals surface area contributed by atoms with Crippen LogP contribution in [0.5, 0.6) is 0 Å². The minimum Gasteiger partial charge on any atom is -0.379 e. The highest BCUT2D eigenvalue weighted by atomic mass is 32.2. The molecule has 1 aromatic heterocycles. The van der Waals surface area contributed by atoms with Gasteiger partial charge in [-0.05, 0) is 30.0 Å². The van der Waals surface area contributed by atoms with Crippen molar-refractivity contribution in [2.45, 2.75) is 11.8 Å². The van der Waals surface area contributed by atoms with Crippen molar-refractivity contribution in [3.05, 3.63) is 53.6 Å². The number of benzene rings is 2. The van der Waals surface area contributed by atoms with Gasteiger partial charge in [-0.3, -0.25) is 14.6 Å². The van der Waals surface area contributed by atoms with Crippen LogP contribution in [0, 0.1) is 11.6 Å². The number of morpholine rings is 1. The van der Waals surface area contributed by atoms with E-state index in [0.29, 0.717) is 41.7 Å². The van der Waals surface area contributed by atoms with Crippen molar-refractivity contribution < 1.29 is 18.3 Å². The maximum Gasteiger partial charge on any atom is 0.260 e. The Labute approximate surface area is 188 Å². The number of nitrogens with zero attached hydrogens (tertiary/aromatic N) is 3. The van der Waals surface area contributed by atoms with Crippen molar-refractivity contribution in [2.75, 3.05) is 50.0 Å². The summed E-state index contributed by atoms with van der Waals surface area (Å²) in [5.74, 6) is -0.678. The molecule has 9 heteroatoms. The molecule has 3 aromatic rings. The van der Waals surface area contributed by atoms with Crippen molar-refractivity contribution in [3.8, 4) is 0 Å². The minimum absolute atomic E-state index is 0.0841. The van der Waals surface area contributed by atoms with Crippen LogP contribution in [0.25, 0.3) is 10.2 Å². The van der Waals surface area contributed by atoms with E-state index in [2.05, 4.69) is 16.8 Å². The Morgan fingerprint density at radius 1 is 1.26 bits per heavy atom. The maximum absolute atomic E-state index is 14.2. The fraction of sp³-hybridized carbons (Fsp3) is 0.364. The molecule has 0 N–H and O–H groups in total. The summed E-state index contributed by atoms with van der Waals surface area (Å²) in [6, 6.07) is 9.54. The molecule has 0 aliphatic carbocycles. The molecule has 0 bridgehead atoms. The molecule has 1 amide bonds. The SMILES string of the molecule is CCSc1cccc(C(=O)N(CCN2CCOCC2)c2nc3c(F)cc(F)cc3s2)c1. The van der Waals surface area contributed by atoms with Crippen molar-refractivity contribution >= 4 is 44.4 Å². The topological polar surface area (TPSA) is 45.7 Å². The number of ether oxygens (including phenoxy) is 1. The Hall–Kier alpha value is -2.07. The van der Waals surface area contributed by atoms with E-state index in [1.54, 1.807) is 22.7 Å². The number of carbonyl (C=O) groups excluding carboxylic acids is 1. The van der Waals surface area contributed by atoms with Gasteiger partial charge in [-0.1, -0.05) is 24.3 Å². The summed E-state index contributed by atoms with van der Waals surface area (Å²) in [6.45, 7) is 6.02. The number of carbonyl (C=O) groups is 1. The average Bonchev–Trinajstić information content (AvgIpc) is 3.19. The lowest BCUT2D eigenvalue weighted by Crippen LogP contribution is -2.43. The van der Waals surface area contributed by atoms with Gasteiger partial charge in [0.05, 0.1) is 17.9 Å². The molecule has 1 fully saturated rings. The van der Waals surface area contributed by atoms with Crippen LogP contribution in [0.2, 0.25) is 0 Å². The van der Waals surface area contributed by atoms with Gasteiger partial charge in [-0.15, -0.1) is 11.8 Å². The van der Waals surface area contributed by atoms with Crippen LogP contribution in [-0.4, -0.2) is 60.9 Å². The molecule has 0 spiro atoms. The molecule has 164 valence electrons. The predicted octanol–water partition coefficient (Wildman–Crippen LogP) is 4.67. The molecule has 1 aliphatic rings. The van der Waals surface area contributed by atoms with Gasteiger partial charge >= 0.3 is 0 Å².